The number of nitriles is 1. The average molecular weight is 338 g/mol. The Bertz CT molecular complexity index is 793. The fourth-order valence-corrected chi connectivity index (χ4v) is 2.58. The van der Waals surface area contributed by atoms with Gasteiger partial charge in [-0.05, 0) is 44.0 Å². The summed E-state index contributed by atoms with van der Waals surface area (Å²) in [7, 11) is 0. The molecule has 0 aromatic heterocycles. The number of halogens is 1. The molecule has 0 saturated heterocycles. The van der Waals surface area contributed by atoms with Crippen molar-refractivity contribution in [3.63, 3.8) is 0 Å². The fraction of sp³-hybridized carbons (Fsp3) is 0.300. The lowest BCUT2D eigenvalue weighted by Crippen LogP contribution is -2.38. The molecule has 0 bridgehead atoms. The third-order valence-electron chi connectivity index (χ3n) is 3.94. The van der Waals surface area contributed by atoms with E-state index in [1.807, 2.05) is 25.1 Å². The largest absolute Gasteiger partial charge is 0.357 e. The first-order valence-corrected chi connectivity index (χ1v) is 8.34. The van der Waals surface area contributed by atoms with Crippen LogP contribution in [0.2, 0.25) is 0 Å². The maximum Gasteiger partial charge on any atom is 0.192 e. The average Bonchev–Trinajstić information content (AvgIpc) is 2.60. The molecule has 2 aromatic carbocycles. The summed E-state index contributed by atoms with van der Waals surface area (Å²) >= 11 is 0. The predicted molar refractivity (Wildman–Crippen MR) is 98.7 cm³/mol. The molecule has 0 aliphatic carbocycles. The second kappa shape index (κ2) is 8.84. The molecule has 2 rings (SSSR count). The zero-order valence-corrected chi connectivity index (χ0v) is 14.8. The normalized spacial score (nSPS) is 12.4. The second-order valence-corrected chi connectivity index (χ2v) is 5.84. The van der Waals surface area contributed by atoms with Gasteiger partial charge in [-0.15, -0.1) is 0 Å². The topological polar surface area (TPSA) is 60.2 Å². The van der Waals surface area contributed by atoms with Crippen LogP contribution in [0.3, 0.4) is 0 Å². The summed E-state index contributed by atoms with van der Waals surface area (Å²) in [6.07, 6.45) is 0. The van der Waals surface area contributed by atoms with Gasteiger partial charge in [0.1, 0.15) is 5.82 Å². The minimum atomic E-state index is -0.411. The minimum absolute atomic E-state index is 0.0739. The Morgan fingerprint density at radius 1 is 1.28 bits per heavy atom. The van der Waals surface area contributed by atoms with Crippen LogP contribution in [-0.2, 0) is 6.54 Å². The van der Waals surface area contributed by atoms with Crippen LogP contribution in [0.5, 0.6) is 0 Å². The molecule has 1 atom stereocenters. The molecule has 2 N–H and O–H groups in total. The van der Waals surface area contributed by atoms with Crippen molar-refractivity contribution in [2.45, 2.75) is 33.4 Å². The van der Waals surface area contributed by atoms with Crippen LogP contribution < -0.4 is 10.6 Å². The zero-order valence-electron chi connectivity index (χ0n) is 14.8. The van der Waals surface area contributed by atoms with Crippen molar-refractivity contribution in [3.8, 4) is 6.07 Å². The Morgan fingerprint density at radius 3 is 2.68 bits per heavy atom. The number of benzene rings is 2. The molecule has 0 spiro atoms. The summed E-state index contributed by atoms with van der Waals surface area (Å²) < 4.78 is 14.0. The molecule has 1 unspecified atom stereocenters. The highest BCUT2D eigenvalue weighted by molar-refractivity contribution is 5.80. The minimum Gasteiger partial charge on any atom is -0.357 e. The Labute approximate surface area is 148 Å². The zero-order chi connectivity index (χ0) is 18.2. The number of hydrogen-bond acceptors (Lipinski definition) is 2. The molecule has 0 fully saturated rings. The lowest BCUT2D eigenvalue weighted by atomic mass is 10.0. The quantitative estimate of drug-likeness (QED) is 0.643. The molecule has 4 nitrogen and oxygen atoms in total. The van der Waals surface area contributed by atoms with E-state index in [2.05, 4.69) is 41.6 Å². The molecular weight excluding hydrogens is 315 g/mol. The molecule has 130 valence electrons. The molecule has 0 aliphatic rings. The first-order valence-electron chi connectivity index (χ1n) is 8.34. The Morgan fingerprint density at radius 2 is 2.04 bits per heavy atom. The highest BCUT2D eigenvalue weighted by atomic mass is 19.1. The third-order valence-corrected chi connectivity index (χ3v) is 3.94. The Hall–Kier alpha value is -2.87. The van der Waals surface area contributed by atoms with Gasteiger partial charge in [0.25, 0.3) is 0 Å². The summed E-state index contributed by atoms with van der Waals surface area (Å²) in [6.45, 7) is 7.04. The van der Waals surface area contributed by atoms with Gasteiger partial charge in [-0.2, -0.15) is 5.26 Å². The van der Waals surface area contributed by atoms with Gasteiger partial charge in [0, 0.05) is 12.1 Å². The van der Waals surface area contributed by atoms with E-state index in [0.717, 1.165) is 0 Å². The molecule has 0 amide bonds. The molecule has 0 heterocycles. The number of nitrogens with zero attached hydrogens (tertiary/aromatic N) is 2. The monoisotopic (exact) mass is 338 g/mol. The number of aliphatic imine (C=N–C) groups is 1. The standard InChI is InChI=1S/C20H23FN4/c1-4-23-20(25-15(3)18-8-6-5-7-14(18)2)24-13-17-10-9-16(12-22)11-19(17)21/h5-11,15H,4,13H2,1-3H3,(H2,23,24,25). The highest BCUT2D eigenvalue weighted by Crippen LogP contribution is 2.16. The van der Waals surface area contributed by atoms with E-state index in [-0.39, 0.29) is 12.6 Å². The van der Waals surface area contributed by atoms with Gasteiger partial charge >= 0.3 is 0 Å². The molecular formula is C20H23FN4. The van der Waals surface area contributed by atoms with Gasteiger partial charge in [0.15, 0.2) is 5.96 Å². The summed E-state index contributed by atoms with van der Waals surface area (Å²) in [5.74, 6) is 0.215. The van der Waals surface area contributed by atoms with Crippen molar-refractivity contribution >= 4 is 5.96 Å². The van der Waals surface area contributed by atoms with Gasteiger partial charge in [-0.3, -0.25) is 0 Å². The van der Waals surface area contributed by atoms with Gasteiger partial charge < -0.3 is 10.6 Å². The number of hydrogen-bond donors (Lipinski definition) is 2. The van der Waals surface area contributed by atoms with Crippen molar-refractivity contribution in [2.75, 3.05) is 6.54 Å². The molecule has 25 heavy (non-hydrogen) atoms. The van der Waals surface area contributed by atoms with Crippen LogP contribution in [0.4, 0.5) is 4.39 Å². The summed E-state index contributed by atoms with van der Waals surface area (Å²) in [5, 5.41) is 15.3. The van der Waals surface area contributed by atoms with E-state index in [4.69, 9.17) is 5.26 Å². The maximum atomic E-state index is 14.0. The maximum absolute atomic E-state index is 14.0. The van der Waals surface area contributed by atoms with Gasteiger partial charge in [0.2, 0.25) is 0 Å². The first-order chi connectivity index (χ1) is 12.0. The van der Waals surface area contributed by atoms with Crippen molar-refractivity contribution in [1.29, 1.82) is 5.26 Å². The van der Waals surface area contributed by atoms with E-state index in [0.29, 0.717) is 23.6 Å². The van der Waals surface area contributed by atoms with Crippen LogP contribution >= 0.6 is 0 Å². The Kier molecular flexibility index (Phi) is 6.53. The summed E-state index contributed by atoms with van der Waals surface area (Å²) in [5.41, 5.74) is 3.16. The van der Waals surface area contributed by atoms with E-state index in [9.17, 15) is 4.39 Å². The van der Waals surface area contributed by atoms with Crippen LogP contribution in [0.25, 0.3) is 0 Å². The number of aryl methyl sites for hydroxylation is 1. The fourth-order valence-electron chi connectivity index (χ4n) is 2.58. The predicted octanol–water partition coefficient (Wildman–Crippen LogP) is 3.82. The van der Waals surface area contributed by atoms with Crippen LogP contribution in [0, 0.1) is 24.1 Å². The molecule has 0 radical (unpaired) electrons. The molecule has 0 saturated carbocycles. The van der Waals surface area contributed by atoms with Crippen molar-refractivity contribution in [3.05, 3.63) is 70.5 Å². The molecule has 2 aromatic rings. The number of nitrogens with one attached hydrogen (secondary N) is 2. The van der Waals surface area contributed by atoms with Crippen LogP contribution in [-0.4, -0.2) is 12.5 Å². The number of rotatable bonds is 5. The van der Waals surface area contributed by atoms with Gasteiger partial charge in [0.05, 0.1) is 24.2 Å². The van der Waals surface area contributed by atoms with Gasteiger partial charge in [-0.1, -0.05) is 30.3 Å². The van der Waals surface area contributed by atoms with Crippen LogP contribution in [0.1, 0.15) is 42.1 Å². The van der Waals surface area contributed by atoms with E-state index in [1.54, 1.807) is 12.1 Å². The van der Waals surface area contributed by atoms with E-state index >= 15 is 0 Å². The van der Waals surface area contributed by atoms with Crippen molar-refractivity contribution < 1.29 is 4.39 Å². The van der Waals surface area contributed by atoms with Crippen molar-refractivity contribution in [2.24, 2.45) is 4.99 Å². The molecule has 0 aliphatic heterocycles. The van der Waals surface area contributed by atoms with E-state index in [1.165, 1.54) is 17.2 Å². The molecule has 5 heteroatoms. The SMILES string of the molecule is CCNC(=NCc1ccc(C#N)cc1F)NC(C)c1ccccc1C. The van der Waals surface area contributed by atoms with Crippen LogP contribution in [0.15, 0.2) is 47.5 Å². The smallest absolute Gasteiger partial charge is 0.192 e. The first kappa shape index (κ1) is 18.5. The third kappa shape index (κ3) is 5.05. The number of guanidine groups is 1. The highest BCUT2D eigenvalue weighted by Gasteiger charge is 2.10. The van der Waals surface area contributed by atoms with Crippen molar-refractivity contribution in [1.82, 2.24) is 10.6 Å². The second-order valence-electron chi connectivity index (χ2n) is 5.84. The summed E-state index contributed by atoms with van der Waals surface area (Å²) in [6, 6.07) is 14.6. The van der Waals surface area contributed by atoms with Gasteiger partial charge in [-0.25, -0.2) is 9.38 Å². The lowest BCUT2D eigenvalue weighted by Gasteiger charge is -2.19. The Balaban J connectivity index is 2.13. The summed E-state index contributed by atoms with van der Waals surface area (Å²) in [4.78, 5) is 4.47. The lowest BCUT2D eigenvalue weighted by molar-refractivity contribution is 0.609. The van der Waals surface area contributed by atoms with E-state index < -0.39 is 5.82 Å².